The molecule has 0 spiro atoms. The lowest BCUT2D eigenvalue weighted by molar-refractivity contribution is -0.113. The van der Waals surface area contributed by atoms with Crippen molar-refractivity contribution in [1.29, 1.82) is 0 Å². The third kappa shape index (κ3) is 1.82. The minimum atomic E-state index is -0.525. The molecule has 1 heterocycles. The van der Waals surface area contributed by atoms with Gasteiger partial charge in [-0.3, -0.25) is 0 Å². The second kappa shape index (κ2) is 3.91. The molecule has 0 radical (unpaired) electrons. The zero-order chi connectivity index (χ0) is 12.6. The summed E-state index contributed by atoms with van der Waals surface area (Å²) >= 11 is 0. The summed E-state index contributed by atoms with van der Waals surface area (Å²) in [5.74, 6) is 0.874. The van der Waals surface area contributed by atoms with E-state index in [1.807, 2.05) is 43.7 Å². The van der Waals surface area contributed by atoms with Crippen molar-refractivity contribution in [3.05, 3.63) is 30.0 Å². The van der Waals surface area contributed by atoms with E-state index in [4.69, 9.17) is 4.74 Å². The highest BCUT2D eigenvalue weighted by Crippen LogP contribution is 2.29. The lowest BCUT2D eigenvalue weighted by Gasteiger charge is -2.21. The maximum Gasteiger partial charge on any atom is 0.145 e. The summed E-state index contributed by atoms with van der Waals surface area (Å²) in [6, 6.07) is 6.06. The number of benzene rings is 1. The third-order valence-electron chi connectivity index (χ3n) is 3.12. The second-order valence-corrected chi connectivity index (χ2v) is 4.84. The fourth-order valence-electron chi connectivity index (χ4n) is 2.05. The molecule has 0 N–H and O–H groups in total. The highest BCUT2D eigenvalue weighted by molar-refractivity contribution is 5.84. The first kappa shape index (κ1) is 11.7. The van der Waals surface area contributed by atoms with Gasteiger partial charge in [0.25, 0.3) is 0 Å². The maximum atomic E-state index is 11.1. The van der Waals surface area contributed by atoms with Crippen molar-refractivity contribution in [2.45, 2.75) is 26.3 Å². The Morgan fingerprint density at radius 1 is 1.35 bits per heavy atom. The molecular weight excluding hydrogens is 214 g/mol. The molecular formula is C14H17NO2. The normalized spacial score (nSPS) is 11.8. The third-order valence-corrected chi connectivity index (χ3v) is 3.12. The van der Waals surface area contributed by atoms with Gasteiger partial charge < -0.3 is 14.1 Å². The molecule has 1 aromatic heterocycles. The van der Waals surface area contributed by atoms with E-state index in [-0.39, 0.29) is 0 Å². The van der Waals surface area contributed by atoms with Crippen LogP contribution in [-0.4, -0.2) is 18.0 Å². The van der Waals surface area contributed by atoms with Gasteiger partial charge in [0.2, 0.25) is 0 Å². The maximum absolute atomic E-state index is 11.1. The van der Waals surface area contributed by atoms with Crippen molar-refractivity contribution in [3.63, 3.8) is 0 Å². The van der Waals surface area contributed by atoms with Gasteiger partial charge in [-0.05, 0) is 44.5 Å². The molecule has 3 nitrogen and oxygen atoms in total. The highest BCUT2D eigenvalue weighted by atomic mass is 16.5. The van der Waals surface area contributed by atoms with Crippen LogP contribution in [0, 0.1) is 6.92 Å². The zero-order valence-corrected chi connectivity index (χ0v) is 10.7. The Kier molecular flexibility index (Phi) is 2.69. The van der Waals surface area contributed by atoms with Crippen LogP contribution in [0.5, 0.6) is 5.75 Å². The average molecular weight is 231 g/mol. The van der Waals surface area contributed by atoms with Gasteiger partial charge in [-0.25, -0.2) is 0 Å². The number of ether oxygens (including phenoxy) is 1. The Bertz CT molecular complexity index is 567. The van der Waals surface area contributed by atoms with E-state index in [9.17, 15) is 4.79 Å². The molecule has 0 unspecified atom stereocenters. The summed E-state index contributed by atoms with van der Waals surface area (Å²) in [5.41, 5.74) is 1.60. The molecule has 17 heavy (non-hydrogen) atoms. The number of hydrogen-bond acceptors (Lipinski definition) is 2. The van der Waals surface area contributed by atoms with Gasteiger partial charge in [-0.1, -0.05) is 0 Å². The molecule has 0 aliphatic carbocycles. The molecule has 0 saturated heterocycles. The van der Waals surface area contributed by atoms with Crippen molar-refractivity contribution >= 4 is 17.2 Å². The highest BCUT2D eigenvalue weighted by Gasteiger charge is 2.20. The Morgan fingerprint density at radius 2 is 2.06 bits per heavy atom. The quantitative estimate of drug-likeness (QED) is 0.760. The molecule has 0 bridgehead atoms. The Morgan fingerprint density at radius 3 is 2.65 bits per heavy atom. The first-order valence-corrected chi connectivity index (χ1v) is 5.62. The molecule has 0 amide bonds. The monoisotopic (exact) mass is 231 g/mol. The van der Waals surface area contributed by atoms with Gasteiger partial charge in [0.1, 0.15) is 12.0 Å². The average Bonchev–Trinajstić information content (AvgIpc) is 2.71. The van der Waals surface area contributed by atoms with Crippen LogP contribution in [0.15, 0.2) is 24.4 Å². The Balaban J connectivity index is 2.70. The minimum Gasteiger partial charge on any atom is -0.496 e. The molecule has 2 aromatic rings. The van der Waals surface area contributed by atoms with Crippen molar-refractivity contribution in [1.82, 2.24) is 4.57 Å². The van der Waals surface area contributed by atoms with Crippen molar-refractivity contribution in [3.8, 4) is 5.75 Å². The summed E-state index contributed by atoms with van der Waals surface area (Å²) in [6.45, 7) is 5.81. The van der Waals surface area contributed by atoms with Gasteiger partial charge >= 0.3 is 0 Å². The summed E-state index contributed by atoms with van der Waals surface area (Å²) < 4.78 is 7.28. The Labute approximate surface area is 101 Å². The summed E-state index contributed by atoms with van der Waals surface area (Å²) in [5, 5.41) is 1.09. The molecule has 0 atom stereocenters. The van der Waals surface area contributed by atoms with Crippen LogP contribution in [0.1, 0.15) is 19.4 Å². The lowest BCUT2D eigenvalue weighted by atomic mass is 10.1. The number of aldehydes is 1. The first-order chi connectivity index (χ1) is 7.99. The smallest absolute Gasteiger partial charge is 0.145 e. The summed E-state index contributed by atoms with van der Waals surface area (Å²) in [7, 11) is 1.67. The number of fused-ring (bicyclic) bond motifs is 1. The standard InChI is InChI=1S/C14H17NO2/c1-10-7-12-11(8-13(10)17-4)5-6-15(12)14(2,3)9-16/h5-9H,1-4H3. The van der Waals surface area contributed by atoms with Crippen LogP contribution in [0.2, 0.25) is 0 Å². The van der Waals surface area contributed by atoms with Crippen LogP contribution in [0.4, 0.5) is 0 Å². The number of aromatic nitrogens is 1. The first-order valence-electron chi connectivity index (χ1n) is 5.62. The van der Waals surface area contributed by atoms with Crippen molar-refractivity contribution < 1.29 is 9.53 Å². The number of nitrogens with zero attached hydrogens (tertiary/aromatic N) is 1. The fraction of sp³-hybridized carbons (Fsp3) is 0.357. The number of carbonyl (C=O) groups excluding carboxylic acids is 1. The van der Waals surface area contributed by atoms with E-state index < -0.39 is 5.54 Å². The van der Waals surface area contributed by atoms with Crippen LogP contribution in [-0.2, 0) is 10.3 Å². The van der Waals surface area contributed by atoms with Crippen LogP contribution >= 0.6 is 0 Å². The number of rotatable bonds is 3. The van der Waals surface area contributed by atoms with E-state index >= 15 is 0 Å². The van der Waals surface area contributed by atoms with E-state index in [0.717, 1.165) is 28.5 Å². The summed E-state index contributed by atoms with van der Waals surface area (Å²) in [6.07, 6.45) is 2.91. The van der Waals surface area contributed by atoms with Crippen LogP contribution in [0.3, 0.4) is 0 Å². The number of aryl methyl sites for hydroxylation is 1. The molecule has 2 rings (SSSR count). The van der Waals surface area contributed by atoms with Crippen LogP contribution < -0.4 is 4.74 Å². The van der Waals surface area contributed by atoms with Crippen molar-refractivity contribution in [2.24, 2.45) is 0 Å². The topological polar surface area (TPSA) is 31.2 Å². The second-order valence-electron chi connectivity index (χ2n) is 4.84. The summed E-state index contributed by atoms with van der Waals surface area (Å²) in [4.78, 5) is 11.1. The molecule has 0 fully saturated rings. The fourth-order valence-corrected chi connectivity index (χ4v) is 2.05. The van der Waals surface area contributed by atoms with E-state index in [0.29, 0.717) is 0 Å². The molecule has 0 aliphatic heterocycles. The van der Waals surface area contributed by atoms with Crippen LogP contribution in [0.25, 0.3) is 10.9 Å². The van der Waals surface area contributed by atoms with Gasteiger partial charge in [0.15, 0.2) is 0 Å². The molecule has 3 heteroatoms. The molecule has 0 aliphatic rings. The van der Waals surface area contributed by atoms with E-state index in [1.54, 1.807) is 7.11 Å². The SMILES string of the molecule is COc1cc2ccn(C(C)(C)C=O)c2cc1C. The number of methoxy groups -OCH3 is 1. The zero-order valence-electron chi connectivity index (χ0n) is 10.7. The molecule has 90 valence electrons. The largest absolute Gasteiger partial charge is 0.496 e. The van der Waals surface area contributed by atoms with Gasteiger partial charge in [-0.2, -0.15) is 0 Å². The number of carbonyl (C=O) groups is 1. The van der Waals surface area contributed by atoms with E-state index in [2.05, 4.69) is 6.07 Å². The predicted octanol–water partition coefficient (Wildman–Crippen LogP) is 2.89. The molecule has 1 aromatic carbocycles. The number of hydrogen-bond donors (Lipinski definition) is 0. The van der Waals surface area contributed by atoms with Gasteiger partial charge in [0.05, 0.1) is 12.6 Å². The van der Waals surface area contributed by atoms with Gasteiger partial charge in [-0.15, -0.1) is 0 Å². The minimum absolute atomic E-state index is 0.525. The lowest BCUT2D eigenvalue weighted by Crippen LogP contribution is -2.26. The van der Waals surface area contributed by atoms with Gasteiger partial charge in [0, 0.05) is 17.1 Å². The van der Waals surface area contributed by atoms with E-state index in [1.165, 1.54) is 0 Å². The predicted molar refractivity (Wildman–Crippen MR) is 68.6 cm³/mol. The van der Waals surface area contributed by atoms with Crippen molar-refractivity contribution in [2.75, 3.05) is 7.11 Å². The Hall–Kier alpha value is -1.77. The molecule has 0 saturated carbocycles.